The van der Waals surface area contributed by atoms with Crippen LogP contribution in [0.5, 0.6) is 6.01 Å². The van der Waals surface area contributed by atoms with Crippen LogP contribution in [0.3, 0.4) is 0 Å². The van der Waals surface area contributed by atoms with Gasteiger partial charge in [0.2, 0.25) is 11.9 Å². The molecule has 0 saturated carbocycles. The monoisotopic (exact) mass is 225 g/mol. The van der Waals surface area contributed by atoms with E-state index in [0.29, 0.717) is 11.8 Å². The Morgan fingerprint density at radius 3 is 2.56 bits per heavy atom. The third-order valence-corrected chi connectivity index (χ3v) is 1.73. The Balaban J connectivity index is 2.90. The molecule has 1 amide bonds. The number of aromatic nitrogens is 3. The first-order chi connectivity index (χ1) is 7.52. The van der Waals surface area contributed by atoms with Gasteiger partial charge < -0.3 is 15.0 Å². The molecular formula is C9H15N5O2. The third-order valence-electron chi connectivity index (χ3n) is 1.73. The zero-order valence-electron chi connectivity index (χ0n) is 9.81. The van der Waals surface area contributed by atoms with Gasteiger partial charge in [-0.2, -0.15) is 15.0 Å². The maximum Gasteiger partial charge on any atom is 0.321 e. The molecule has 0 atom stereocenters. The number of anilines is 1. The van der Waals surface area contributed by atoms with E-state index in [4.69, 9.17) is 4.74 Å². The fourth-order valence-corrected chi connectivity index (χ4v) is 0.960. The lowest BCUT2D eigenvalue weighted by Gasteiger charge is -2.12. The van der Waals surface area contributed by atoms with Crippen molar-refractivity contribution in [2.75, 3.05) is 26.1 Å². The molecule has 0 radical (unpaired) electrons. The van der Waals surface area contributed by atoms with E-state index >= 15 is 0 Å². The second kappa shape index (κ2) is 5.24. The van der Waals surface area contributed by atoms with Crippen LogP contribution in [0.1, 0.15) is 12.7 Å². The quantitative estimate of drug-likeness (QED) is 0.749. The van der Waals surface area contributed by atoms with Crippen molar-refractivity contribution in [3.05, 3.63) is 5.82 Å². The average molecular weight is 225 g/mol. The van der Waals surface area contributed by atoms with Gasteiger partial charge in [-0.3, -0.25) is 4.79 Å². The van der Waals surface area contributed by atoms with Crippen LogP contribution in [0, 0.1) is 0 Å². The fourth-order valence-electron chi connectivity index (χ4n) is 0.960. The van der Waals surface area contributed by atoms with Gasteiger partial charge in [-0.25, -0.2) is 0 Å². The van der Waals surface area contributed by atoms with Crippen LogP contribution in [0.15, 0.2) is 0 Å². The highest BCUT2D eigenvalue weighted by atomic mass is 16.5. The van der Waals surface area contributed by atoms with Gasteiger partial charge in [0.05, 0.1) is 13.7 Å². The molecule has 7 heteroatoms. The first kappa shape index (κ1) is 12.2. The lowest BCUT2D eigenvalue weighted by atomic mass is 10.5. The predicted octanol–water partition coefficient (Wildman–Crippen LogP) is -0.418. The molecule has 0 saturated heterocycles. The fraction of sp³-hybridized carbons (Fsp3) is 0.556. The summed E-state index contributed by atoms with van der Waals surface area (Å²) in [5.41, 5.74) is 0. The third kappa shape index (κ3) is 3.34. The number of carbonyl (C=O) groups excluding carboxylic acids is 1. The van der Waals surface area contributed by atoms with Crippen LogP contribution in [0.4, 0.5) is 5.95 Å². The molecule has 0 aliphatic rings. The van der Waals surface area contributed by atoms with Crippen molar-refractivity contribution in [3.63, 3.8) is 0 Å². The second-order valence-electron chi connectivity index (χ2n) is 3.34. The minimum Gasteiger partial charge on any atom is -0.467 e. The Morgan fingerprint density at radius 2 is 2.06 bits per heavy atom. The normalized spacial score (nSPS) is 9.75. The molecule has 0 aliphatic carbocycles. The Kier molecular flexibility index (Phi) is 3.98. The molecule has 1 aromatic heterocycles. The highest BCUT2D eigenvalue weighted by molar-refractivity contribution is 5.72. The van der Waals surface area contributed by atoms with Crippen molar-refractivity contribution in [1.29, 1.82) is 0 Å². The average Bonchev–Trinajstić information content (AvgIpc) is 2.25. The minimum absolute atomic E-state index is 0.134. The molecule has 0 spiro atoms. The topological polar surface area (TPSA) is 80.2 Å². The summed E-state index contributed by atoms with van der Waals surface area (Å²) in [6.07, 6.45) is 0. The standard InChI is InChI=1S/C9H15N5O2/c1-6(15)10-5-7-11-8(14(2)3)13-9(12-7)16-4/h5H2,1-4H3,(H,10,15). The number of nitrogens with one attached hydrogen (secondary N) is 1. The summed E-state index contributed by atoms with van der Waals surface area (Å²) < 4.78 is 4.95. The van der Waals surface area contributed by atoms with Gasteiger partial charge in [0, 0.05) is 21.0 Å². The van der Waals surface area contributed by atoms with Crippen molar-refractivity contribution in [2.24, 2.45) is 0 Å². The number of hydrogen-bond donors (Lipinski definition) is 1. The number of amides is 1. The van der Waals surface area contributed by atoms with Crippen LogP contribution < -0.4 is 15.0 Å². The van der Waals surface area contributed by atoms with Gasteiger partial charge in [-0.1, -0.05) is 0 Å². The highest BCUT2D eigenvalue weighted by Crippen LogP contribution is 2.09. The first-order valence-electron chi connectivity index (χ1n) is 4.73. The first-order valence-corrected chi connectivity index (χ1v) is 4.73. The molecule has 16 heavy (non-hydrogen) atoms. The van der Waals surface area contributed by atoms with Crippen LogP contribution in [-0.4, -0.2) is 42.1 Å². The van der Waals surface area contributed by atoms with Gasteiger partial charge in [0.1, 0.15) is 0 Å². The number of carbonyl (C=O) groups is 1. The maximum absolute atomic E-state index is 10.8. The lowest BCUT2D eigenvalue weighted by Crippen LogP contribution is -2.22. The summed E-state index contributed by atoms with van der Waals surface area (Å²) in [5.74, 6) is 0.823. The van der Waals surface area contributed by atoms with Crippen molar-refractivity contribution in [1.82, 2.24) is 20.3 Å². The van der Waals surface area contributed by atoms with Crippen LogP contribution >= 0.6 is 0 Å². The van der Waals surface area contributed by atoms with E-state index in [0.717, 1.165) is 0 Å². The van der Waals surface area contributed by atoms with E-state index in [1.54, 1.807) is 4.90 Å². The Morgan fingerprint density at radius 1 is 1.38 bits per heavy atom. The van der Waals surface area contributed by atoms with Crippen molar-refractivity contribution < 1.29 is 9.53 Å². The largest absolute Gasteiger partial charge is 0.467 e. The molecule has 0 aliphatic heterocycles. The number of methoxy groups -OCH3 is 1. The summed E-state index contributed by atoms with van der Waals surface area (Å²) in [7, 11) is 5.12. The summed E-state index contributed by atoms with van der Waals surface area (Å²) in [6, 6.07) is 0.235. The molecule has 88 valence electrons. The Labute approximate surface area is 93.9 Å². The molecule has 1 rings (SSSR count). The SMILES string of the molecule is COc1nc(CNC(C)=O)nc(N(C)C)n1. The van der Waals surface area contributed by atoms with Crippen LogP contribution in [-0.2, 0) is 11.3 Å². The second-order valence-corrected chi connectivity index (χ2v) is 3.34. The highest BCUT2D eigenvalue weighted by Gasteiger charge is 2.08. The zero-order chi connectivity index (χ0) is 12.1. The molecule has 7 nitrogen and oxygen atoms in total. The van der Waals surface area contributed by atoms with Crippen LogP contribution in [0.2, 0.25) is 0 Å². The van der Waals surface area contributed by atoms with Crippen LogP contribution in [0.25, 0.3) is 0 Å². The van der Waals surface area contributed by atoms with Gasteiger partial charge in [-0.05, 0) is 0 Å². The van der Waals surface area contributed by atoms with E-state index in [-0.39, 0.29) is 18.5 Å². The number of rotatable bonds is 4. The van der Waals surface area contributed by atoms with Crippen molar-refractivity contribution in [3.8, 4) is 6.01 Å². The predicted molar refractivity (Wildman–Crippen MR) is 58.2 cm³/mol. The summed E-state index contributed by atoms with van der Waals surface area (Å²) >= 11 is 0. The molecule has 1 N–H and O–H groups in total. The van der Waals surface area contributed by atoms with E-state index in [1.807, 2.05) is 14.1 Å². The van der Waals surface area contributed by atoms with Gasteiger partial charge in [0.25, 0.3) is 0 Å². The van der Waals surface area contributed by atoms with Gasteiger partial charge in [0.15, 0.2) is 5.82 Å². The molecule has 0 fully saturated rings. The van der Waals surface area contributed by atoms with E-state index in [9.17, 15) is 4.79 Å². The molecule has 0 bridgehead atoms. The number of nitrogens with zero attached hydrogens (tertiary/aromatic N) is 4. The summed E-state index contributed by atoms with van der Waals surface area (Å²) in [6.45, 7) is 1.69. The van der Waals surface area contributed by atoms with Crippen molar-refractivity contribution in [2.45, 2.75) is 13.5 Å². The number of hydrogen-bond acceptors (Lipinski definition) is 6. The summed E-state index contributed by atoms with van der Waals surface area (Å²) in [5, 5.41) is 2.61. The van der Waals surface area contributed by atoms with E-state index in [1.165, 1.54) is 14.0 Å². The van der Waals surface area contributed by atoms with Crippen molar-refractivity contribution >= 4 is 11.9 Å². The lowest BCUT2D eigenvalue weighted by molar-refractivity contribution is -0.119. The summed E-state index contributed by atoms with van der Waals surface area (Å²) in [4.78, 5) is 24.7. The number of ether oxygens (including phenoxy) is 1. The van der Waals surface area contributed by atoms with Gasteiger partial charge in [-0.15, -0.1) is 0 Å². The molecule has 0 unspecified atom stereocenters. The molecular weight excluding hydrogens is 210 g/mol. The Hall–Kier alpha value is -1.92. The zero-order valence-corrected chi connectivity index (χ0v) is 9.81. The maximum atomic E-state index is 10.8. The smallest absolute Gasteiger partial charge is 0.321 e. The molecule has 0 aromatic carbocycles. The van der Waals surface area contributed by atoms with E-state index < -0.39 is 0 Å². The minimum atomic E-state index is -0.134. The molecule has 1 heterocycles. The Bertz CT molecular complexity index is 380. The molecule has 1 aromatic rings. The van der Waals surface area contributed by atoms with E-state index in [2.05, 4.69) is 20.3 Å². The van der Waals surface area contributed by atoms with Gasteiger partial charge >= 0.3 is 6.01 Å².